The molecule has 0 saturated heterocycles. The molecule has 0 saturated carbocycles. The topological polar surface area (TPSA) is 71.2 Å². The summed E-state index contributed by atoms with van der Waals surface area (Å²) in [4.78, 5) is 3.22. The van der Waals surface area contributed by atoms with Gasteiger partial charge >= 0.3 is 0 Å². The quantitative estimate of drug-likeness (QED) is 0.720. The molecule has 1 heterocycles. The Bertz CT molecular complexity index is 950. The number of aromatic nitrogens is 1. The van der Waals surface area contributed by atoms with Gasteiger partial charge in [0, 0.05) is 23.6 Å². The number of methoxy groups -OCH3 is 1. The number of rotatable bonds is 6. The van der Waals surface area contributed by atoms with E-state index in [2.05, 4.69) is 9.71 Å². The minimum Gasteiger partial charge on any atom is -0.497 e. The first-order valence-electron chi connectivity index (χ1n) is 7.39. The van der Waals surface area contributed by atoms with E-state index in [1.165, 1.54) is 31.4 Å². The minimum atomic E-state index is -3.59. The molecule has 0 unspecified atom stereocenters. The van der Waals surface area contributed by atoms with Crippen LogP contribution >= 0.6 is 0 Å². The number of hydrogen-bond acceptors (Lipinski definition) is 3. The van der Waals surface area contributed by atoms with Crippen molar-refractivity contribution in [3.8, 4) is 5.75 Å². The number of hydrogen-bond donors (Lipinski definition) is 2. The summed E-state index contributed by atoms with van der Waals surface area (Å²) in [7, 11) is -2.07. The molecular formula is C17H17FN2O3S. The molecule has 1 aromatic heterocycles. The number of halogens is 1. The van der Waals surface area contributed by atoms with Gasteiger partial charge in [0.1, 0.15) is 11.6 Å². The predicted molar refractivity (Wildman–Crippen MR) is 90.1 cm³/mol. The molecule has 3 rings (SSSR count). The van der Waals surface area contributed by atoms with Crippen LogP contribution in [-0.2, 0) is 16.4 Å². The molecule has 24 heavy (non-hydrogen) atoms. The van der Waals surface area contributed by atoms with Gasteiger partial charge in [-0.05, 0) is 54.4 Å². The molecule has 0 spiro atoms. The van der Waals surface area contributed by atoms with Crippen molar-refractivity contribution in [2.24, 2.45) is 0 Å². The lowest BCUT2D eigenvalue weighted by atomic mass is 10.1. The van der Waals surface area contributed by atoms with Crippen molar-refractivity contribution < 1.29 is 17.5 Å². The maximum atomic E-state index is 13.4. The van der Waals surface area contributed by atoms with Crippen molar-refractivity contribution in [1.82, 2.24) is 9.71 Å². The molecule has 2 N–H and O–H groups in total. The molecule has 5 nitrogen and oxygen atoms in total. The zero-order valence-corrected chi connectivity index (χ0v) is 13.9. The van der Waals surface area contributed by atoms with Crippen molar-refractivity contribution >= 4 is 20.9 Å². The van der Waals surface area contributed by atoms with Gasteiger partial charge < -0.3 is 9.72 Å². The third-order valence-corrected chi connectivity index (χ3v) is 5.26. The lowest BCUT2D eigenvalue weighted by molar-refractivity contribution is 0.414. The first-order valence-corrected chi connectivity index (χ1v) is 8.87. The highest BCUT2D eigenvalue weighted by Crippen LogP contribution is 2.20. The van der Waals surface area contributed by atoms with E-state index in [0.29, 0.717) is 12.2 Å². The Morgan fingerprint density at radius 3 is 2.62 bits per heavy atom. The Hall–Kier alpha value is -2.38. The van der Waals surface area contributed by atoms with Crippen LogP contribution in [0.25, 0.3) is 10.9 Å². The van der Waals surface area contributed by atoms with Gasteiger partial charge in [0.05, 0.1) is 12.0 Å². The van der Waals surface area contributed by atoms with E-state index < -0.39 is 10.0 Å². The Morgan fingerprint density at radius 2 is 1.92 bits per heavy atom. The largest absolute Gasteiger partial charge is 0.497 e. The summed E-state index contributed by atoms with van der Waals surface area (Å²) in [5.41, 5.74) is 1.69. The maximum Gasteiger partial charge on any atom is 0.240 e. The summed E-state index contributed by atoms with van der Waals surface area (Å²) in [6.45, 7) is 0.220. The third-order valence-electron chi connectivity index (χ3n) is 3.79. The zero-order valence-electron chi connectivity index (χ0n) is 13.0. The Morgan fingerprint density at radius 1 is 1.17 bits per heavy atom. The van der Waals surface area contributed by atoms with E-state index in [1.54, 1.807) is 24.4 Å². The van der Waals surface area contributed by atoms with Crippen LogP contribution in [0, 0.1) is 5.82 Å². The van der Waals surface area contributed by atoms with Crippen molar-refractivity contribution in [3.63, 3.8) is 0 Å². The van der Waals surface area contributed by atoms with Gasteiger partial charge in [-0.25, -0.2) is 17.5 Å². The fourth-order valence-electron chi connectivity index (χ4n) is 2.52. The van der Waals surface area contributed by atoms with Crippen LogP contribution in [0.1, 0.15) is 5.56 Å². The summed E-state index contributed by atoms with van der Waals surface area (Å²) in [6.07, 6.45) is 2.23. The molecule has 126 valence electrons. The number of benzene rings is 2. The van der Waals surface area contributed by atoms with Crippen LogP contribution in [0.2, 0.25) is 0 Å². The molecule has 0 atom stereocenters. The molecule has 7 heteroatoms. The number of ether oxygens (including phenoxy) is 1. The molecule has 0 fully saturated rings. The van der Waals surface area contributed by atoms with Crippen LogP contribution < -0.4 is 9.46 Å². The Kier molecular flexibility index (Phi) is 4.55. The minimum absolute atomic E-state index is 0.174. The van der Waals surface area contributed by atoms with E-state index in [9.17, 15) is 12.8 Å². The first kappa shape index (κ1) is 16.5. The fraction of sp³-hybridized carbons (Fsp3) is 0.176. The highest BCUT2D eigenvalue weighted by Gasteiger charge is 2.14. The summed E-state index contributed by atoms with van der Waals surface area (Å²) < 4.78 is 45.4. The Balaban J connectivity index is 1.69. The molecular weight excluding hydrogens is 331 g/mol. The monoisotopic (exact) mass is 348 g/mol. The van der Waals surface area contributed by atoms with Gasteiger partial charge in [-0.1, -0.05) is 0 Å². The Labute approximate surface area is 139 Å². The fourth-order valence-corrected chi connectivity index (χ4v) is 3.55. The smallest absolute Gasteiger partial charge is 0.240 e. The molecule has 0 radical (unpaired) electrons. The number of fused-ring (bicyclic) bond motifs is 1. The normalized spacial score (nSPS) is 11.8. The van der Waals surface area contributed by atoms with Crippen LogP contribution in [0.3, 0.4) is 0 Å². The molecule has 0 amide bonds. The average Bonchev–Trinajstić information content (AvgIpc) is 2.97. The molecule has 0 aliphatic carbocycles. The average molecular weight is 348 g/mol. The van der Waals surface area contributed by atoms with E-state index in [0.717, 1.165) is 16.5 Å². The van der Waals surface area contributed by atoms with Gasteiger partial charge in [0.2, 0.25) is 10.0 Å². The number of H-pyrrole nitrogens is 1. The van der Waals surface area contributed by atoms with E-state index in [-0.39, 0.29) is 17.3 Å². The van der Waals surface area contributed by atoms with E-state index in [1.807, 2.05) is 0 Å². The van der Waals surface area contributed by atoms with Crippen LogP contribution in [0.5, 0.6) is 5.75 Å². The second-order valence-electron chi connectivity index (χ2n) is 5.33. The van der Waals surface area contributed by atoms with Crippen molar-refractivity contribution in [1.29, 1.82) is 0 Å². The van der Waals surface area contributed by atoms with Gasteiger partial charge in [-0.15, -0.1) is 0 Å². The van der Waals surface area contributed by atoms with Gasteiger partial charge in [-0.3, -0.25) is 0 Å². The second-order valence-corrected chi connectivity index (χ2v) is 7.09. The molecule has 2 aromatic carbocycles. The molecule has 0 aliphatic rings. The standard InChI is InChI=1S/C17H17FN2O3S/c1-23-14-3-5-15(6-4-14)24(21,22)20-9-8-12-11-19-17-7-2-13(18)10-16(12)17/h2-7,10-11,19-20H,8-9H2,1H3. The number of aromatic amines is 1. The second kappa shape index (κ2) is 6.62. The van der Waals surface area contributed by atoms with E-state index >= 15 is 0 Å². The van der Waals surface area contributed by atoms with Crippen LogP contribution in [0.4, 0.5) is 4.39 Å². The number of sulfonamides is 1. The van der Waals surface area contributed by atoms with Crippen molar-refractivity contribution in [2.75, 3.05) is 13.7 Å². The van der Waals surface area contributed by atoms with Gasteiger partial charge in [0.15, 0.2) is 0 Å². The van der Waals surface area contributed by atoms with Gasteiger partial charge in [-0.2, -0.15) is 0 Å². The molecule has 0 bridgehead atoms. The zero-order chi connectivity index (χ0) is 17.2. The summed E-state index contributed by atoms with van der Waals surface area (Å²) in [5, 5.41) is 0.763. The van der Waals surface area contributed by atoms with Crippen molar-refractivity contribution in [2.45, 2.75) is 11.3 Å². The lowest BCUT2D eigenvalue weighted by Gasteiger charge is -2.07. The van der Waals surface area contributed by atoms with Crippen LogP contribution in [0.15, 0.2) is 53.6 Å². The molecule has 0 aliphatic heterocycles. The summed E-state index contributed by atoms with van der Waals surface area (Å²) in [5.74, 6) is 0.275. The summed E-state index contributed by atoms with van der Waals surface area (Å²) in [6, 6.07) is 10.7. The van der Waals surface area contributed by atoms with Crippen LogP contribution in [-0.4, -0.2) is 27.1 Å². The third kappa shape index (κ3) is 3.42. The highest BCUT2D eigenvalue weighted by molar-refractivity contribution is 7.89. The SMILES string of the molecule is COc1ccc(S(=O)(=O)NCCc2c[nH]c3ccc(F)cc23)cc1. The number of nitrogens with one attached hydrogen (secondary N) is 2. The van der Waals surface area contributed by atoms with Gasteiger partial charge in [0.25, 0.3) is 0 Å². The van der Waals surface area contributed by atoms with Crippen molar-refractivity contribution in [3.05, 3.63) is 60.0 Å². The first-order chi connectivity index (χ1) is 11.5. The molecule has 3 aromatic rings. The lowest BCUT2D eigenvalue weighted by Crippen LogP contribution is -2.25. The maximum absolute atomic E-state index is 13.4. The summed E-state index contributed by atoms with van der Waals surface area (Å²) >= 11 is 0. The highest BCUT2D eigenvalue weighted by atomic mass is 32.2. The predicted octanol–water partition coefficient (Wildman–Crippen LogP) is 2.84. The van der Waals surface area contributed by atoms with E-state index in [4.69, 9.17) is 4.74 Å².